The van der Waals surface area contributed by atoms with E-state index in [1.54, 1.807) is 12.3 Å². The van der Waals surface area contributed by atoms with Crippen molar-refractivity contribution in [1.29, 1.82) is 0 Å². The van der Waals surface area contributed by atoms with Gasteiger partial charge in [-0.2, -0.15) is 0 Å². The minimum absolute atomic E-state index is 0.292. The van der Waals surface area contributed by atoms with E-state index in [2.05, 4.69) is 22.2 Å². The monoisotopic (exact) mass is 469 g/mol. The van der Waals surface area contributed by atoms with Gasteiger partial charge in [-0.25, -0.2) is 18.4 Å². The molecule has 0 amide bonds. The minimum Gasteiger partial charge on any atom is -0.439 e. The molecule has 176 valence electrons. The number of rotatable bonds is 9. The van der Waals surface area contributed by atoms with Gasteiger partial charge in [0.15, 0.2) is 0 Å². The molecule has 0 saturated heterocycles. The number of nitrogens with one attached hydrogen (secondary N) is 1. The normalized spacial score (nSPS) is 19.7. The smallest absolute Gasteiger partial charge is 0.233 e. The van der Waals surface area contributed by atoms with Crippen molar-refractivity contribution >= 4 is 21.7 Å². The molecular formula is C24H31N5O3S. The maximum absolute atomic E-state index is 12.1. The number of nitrogens with zero attached hydrogens (tertiary/aromatic N) is 3. The predicted octanol–water partition coefficient (Wildman–Crippen LogP) is 3.62. The Labute approximate surface area is 195 Å². The summed E-state index contributed by atoms with van der Waals surface area (Å²) in [5.41, 5.74) is 7.55. The number of anilines is 2. The highest BCUT2D eigenvalue weighted by Gasteiger charge is 2.32. The van der Waals surface area contributed by atoms with E-state index in [0.717, 1.165) is 22.7 Å². The fourth-order valence-electron chi connectivity index (χ4n) is 3.76. The Bertz CT molecular complexity index is 1220. The van der Waals surface area contributed by atoms with Crippen molar-refractivity contribution in [2.45, 2.75) is 32.2 Å². The van der Waals surface area contributed by atoms with Crippen molar-refractivity contribution in [2.24, 2.45) is 17.6 Å². The van der Waals surface area contributed by atoms with Gasteiger partial charge in [-0.1, -0.05) is 37.3 Å². The summed E-state index contributed by atoms with van der Waals surface area (Å²) in [7, 11) is -2.00. The molecule has 1 aliphatic carbocycles. The van der Waals surface area contributed by atoms with E-state index in [-0.39, 0.29) is 0 Å². The number of hydrogen-bond donors (Lipinski definition) is 2. The number of benzene rings is 1. The van der Waals surface area contributed by atoms with Crippen molar-refractivity contribution in [3.05, 3.63) is 60.0 Å². The number of oxazole rings is 1. The van der Waals surface area contributed by atoms with Crippen molar-refractivity contribution < 1.29 is 12.8 Å². The van der Waals surface area contributed by atoms with Gasteiger partial charge in [0.25, 0.3) is 0 Å². The number of pyridine rings is 1. The Balaban J connectivity index is 1.63. The van der Waals surface area contributed by atoms with Crippen LogP contribution >= 0.6 is 0 Å². The SMILES string of the molecule is C[C@H]1C[C@@H]1CNc1cc(-c2ncc([C@@](C)(N)Cc3ccccc3)o2)cc(N(C)S(C)(=O)=O)n1. The molecule has 0 unspecified atom stereocenters. The third-order valence-electron chi connectivity index (χ3n) is 6.18. The molecule has 1 fully saturated rings. The van der Waals surface area contributed by atoms with Gasteiger partial charge in [0.1, 0.15) is 17.4 Å². The van der Waals surface area contributed by atoms with E-state index in [4.69, 9.17) is 10.2 Å². The van der Waals surface area contributed by atoms with Gasteiger partial charge in [-0.3, -0.25) is 4.31 Å². The highest BCUT2D eigenvalue weighted by Crippen LogP contribution is 2.38. The highest BCUT2D eigenvalue weighted by atomic mass is 32.2. The molecule has 8 nitrogen and oxygen atoms in total. The van der Waals surface area contributed by atoms with Crippen molar-refractivity contribution in [2.75, 3.05) is 29.5 Å². The van der Waals surface area contributed by atoms with E-state index < -0.39 is 15.6 Å². The minimum atomic E-state index is -3.48. The van der Waals surface area contributed by atoms with Crippen LogP contribution < -0.4 is 15.4 Å². The number of nitrogens with two attached hydrogens (primary N) is 1. The lowest BCUT2D eigenvalue weighted by atomic mass is 9.92. The van der Waals surface area contributed by atoms with E-state index in [1.807, 2.05) is 43.3 Å². The van der Waals surface area contributed by atoms with Gasteiger partial charge in [0.2, 0.25) is 15.9 Å². The molecular weight excluding hydrogens is 438 g/mol. The summed E-state index contributed by atoms with van der Waals surface area (Å²) in [5.74, 6) is 3.09. The molecule has 0 bridgehead atoms. The first-order chi connectivity index (χ1) is 15.5. The van der Waals surface area contributed by atoms with Crippen LogP contribution in [0.2, 0.25) is 0 Å². The summed E-state index contributed by atoms with van der Waals surface area (Å²) in [6, 6.07) is 13.5. The summed E-state index contributed by atoms with van der Waals surface area (Å²) in [4.78, 5) is 8.95. The van der Waals surface area contributed by atoms with Crippen LogP contribution in [-0.2, 0) is 22.0 Å². The average molecular weight is 470 g/mol. The third kappa shape index (κ3) is 5.54. The van der Waals surface area contributed by atoms with E-state index in [9.17, 15) is 8.42 Å². The molecule has 3 aromatic rings. The molecule has 9 heteroatoms. The van der Waals surface area contributed by atoms with Gasteiger partial charge in [-0.05, 0) is 49.3 Å². The lowest BCUT2D eigenvalue weighted by Gasteiger charge is -2.21. The summed E-state index contributed by atoms with van der Waals surface area (Å²) >= 11 is 0. The molecule has 2 aromatic heterocycles. The van der Waals surface area contributed by atoms with Crippen LogP contribution in [0.1, 0.15) is 31.6 Å². The molecule has 0 aliphatic heterocycles. The lowest BCUT2D eigenvalue weighted by molar-refractivity contribution is 0.371. The zero-order valence-corrected chi connectivity index (χ0v) is 20.3. The van der Waals surface area contributed by atoms with Gasteiger partial charge >= 0.3 is 0 Å². The number of hydrogen-bond acceptors (Lipinski definition) is 7. The van der Waals surface area contributed by atoms with Crippen LogP contribution in [0.3, 0.4) is 0 Å². The second-order valence-electron chi connectivity index (χ2n) is 9.29. The summed E-state index contributed by atoms with van der Waals surface area (Å²) in [5, 5.41) is 3.34. The summed E-state index contributed by atoms with van der Waals surface area (Å²) in [6.45, 7) is 4.91. The standard InChI is InChI=1S/C24H31N5O3S/c1-16-10-19(16)14-26-21-11-18(12-22(28-21)29(3)33(4,30)31)23-27-15-20(32-23)24(2,25)13-17-8-6-5-7-9-17/h5-9,11-12,15-16,19H,10,13-14,25H2,1-4H3,(H,26,28)/t16-,19+,24-/m0/s1. The Morgan fingerprint density at radius 2 is 1.97 bits per heavy atom. The molecule has 1 saturated carbocycles. The topological polar surface area (TPSA) is 114 Å². The molecule has 3 N–H and O–H groups in total. The van der Waals surface area contributed by atoms with E-state index >= 15 is 0 Å². The molecule has 2 heterocycles. The number of aromatic nitrogens is 2. The second-order valence-corrected chi connectivity index (χ2v) is 11.3. The summed E-state index contributed by atoms with van der Waals surface area (Å²) in [6.07, 6.45) is 4.56. The van der Waals surface area contributed by atoms with Gasteiger partial charge < -0.3 is 15.5 Å². The van der Waals surface area contributed by atoms with Crippen LogP contribution in [-0.4, -0.2) is 38.2 Å². The maximum Gasteiger partial charge on any atom is 0.233 e. The van der Waals surface area contributed by atoms with Gasteiger partial charge in [-0.15, -0.1) is 0 Å². The fourth-order valence-corrected chi connectivity index (χ4v) is 4.19. The molecule has 1 aromatic carbocycles. The number of sulfonamides is 1. The first kappa shape index (κ1) is 23.3. The zero-order chi connectivity index (χ0) is 23.8. The molecule has 4 rings (SSSR count). The van der Waals surface area contributed by atoms with Crippen molar-refractivity contribution in [3.63, 3.8) is 0 Å². The fraction of sp³-hybridized carbons (Fsp3) is 0.417. The van der Waals surface area contributed by atoms with Crippen LogP contribution in [0.5, 0.6) is 0 Å². The van der Waals surface area contributed by atoms with E-state index in [0.29, 0.717) is 47.1 Å². The molecule has 3 atom stereocenters. The zero-order valence-electron chi connectivity index (χ0n) is 19.4. The van der Waals surface area contributed by atoms with Crippen LogP contribution in [0, 0.1) is 11.8 Å². The molecule has 0 spiro atoms. The average Bonchev–Trinajstić information content (AvgIpc) is 3.23. The lowest BCUT2D eigenvalue weighted by Crippen LogP contribution is -2.35. The van der Waals surface area contributed by atoms with E-state index in [1.165, 1.54) is 13.5 Å². The van der Waals surface area contributed by atoms with Crippen molar-refractivity contribution in [3.8, 4) is 11.5 Å². The van der Waals surface area contributed by atoms with Gasteiger partial charge in [0, 0.05) is 19.2 Å². The molecule has 33 heavy (non-hydrogen) atoms. The Morgan fingerprint density at radius 1 is 1.27 bits per heavy atom. The summed E-state index contributed by atoms with van der Waals surface area (Å²) < 4.78 is 31.5. The second kappa shape index (κ2) is 8.79. The van der Waals surface area contributed by atoms with Crippen LogP contribution in [0.25, 0.3) is 11.5 Å². The Morgan fingerprint density at radius 3 is 2.61 bits per heavy atom. The molecule has 0 radical (unpaired) electrons. The first-order valence-corrected chi connectivity index (χ1v) is 12.9. The Hall–Kier alpha value is -2.91. The Kier molecular flexibility index (Phi) is 6.20. The van der Waals surface area contributed by atoms with Crippen LogP contribution in [0.15, 0.2) is 53.1 Å². The van der Waals surface area contributed by atoms with Gasteiger partial charge in [0.05, 0.1) is 18.0 Å². The predicted molar refractivity (Wildman–Crippen MR) is 130 cm³/mol. The first-order valence-electron chi connectivity index (χ1n) is 11.0. The third-order valence-corrected chi connectivity index (χ3v) is 7.37. The van der Waals surface area contributed by atoms with Crippen LogP contribution in [0.4, 0.5) is 11.6 Å². The maximum atomic E-state index is 12.1. The van der Waals surface area contributed by atoms with Crippen molar-refractivity contribution in [1.82, 2.24) is 9.97 Å². The highest BCUT2D eigenvalue weighted by molar-refractivity contribution is 7.92. The largest absolute Gasteiger partial charge is 0.439 e. The molecule has 1 aliphatic rings. The quantitative estimate of drug-likeness (QED) is 0.492.